The molecule has 0 aliphatic rings. The summed E-state index contributed by atoms with van der Waals surface area (Å²) in [4.78, 5) is 0. The van der Waals surface area contributed by atoms with E-state index in [0.29, 0.717) is 0 Å². The fourth-order valence-corrected chi connectivity index (χ4v) is 1.84. The van der Waals surface area contributed by atoms with Gasteiger partial charge in [-0.3, -0.25) is 5.43 Å². The Hall–Kier alpha value is -2.29. The lowest BCUT2D eigenvalue weighted by Gasteiger charge is -2.05. The lowest BCUT2D eigenvalue weighted by atomic mass is 10.1. The summed E-state index contributed by atoms with van der Waals surface area (Å²) < 4.78 is 5.17. The van der Waals surface area contributed by atoms with Crippen LogP contribution in [0.1, 0.15) is 16.7 Å². The molecular weight excluding hydrogens is 236 g/mol. The Morgan fingerprint density at radius 2 is 1.95 bits per heavy atom. The minimum Gasteiger partial charge on any atom is -0.497 e. The predicted octanol–water partition coefficient (Wildman–Crippen LogP) is 3.76. The zero-order chi connectivity index (χ0) is 13.7. The molecule has 2 rings (SSSR count). The van der Waals surface area contributed by atoms with Gasteiger partial charge in [0.25, 0.3) is 0 Å². The van der Waals surface area contributed by atoms with Crippen LogP contribution < -0.4 is 10.2 Å². The summed E-state index contributed by atoms with van der Waals surface area (Å²) in [5.74, 6) is 0.829. The summed E-state index contributed by atoms with van der Waals surface area (Å²) in [5, 5.41) is 4.25. The molecule has 0 heterocycles. The molecule has 19 heavy (non-hydrogen) atoms. The van der Waals surface area contributed by atoms with Gasteiger partial charge in [-0.1, -0.05) is 29.8 Å². The van der Waals surface area contributed by atoms with E-state index in [0.717, 1.165) is 17.0 Å². The minimum atomic E-state index is 0.829. The molecule has 0 saturated heterocycles. The van der Waals surface area contributed by atoms with Crippen LogP contribution in [0.5, 0.6) is 5.75 Å². The number of hydrogen-bond acceptors (Lipinski definition) is 3. The first-order chi connectivity index (χ1) is 9.19. The van der Waals surface area contributed by atoms with E-state index >= 15 is 0 Å². The van der Waals surface area contributed by atoms with Gasteiger partial charge in [-0.05, 0) is 43.2 Å². The Bertz CT molecular complexity index is 591. The van der Waals surface area contributed by atoms with Gasteiger partial charge in [-0.25, -0.2) is 0 Å². The Labute approximate surface area is 113 Å². The highest BCUT2D eigenvalue weighted by molar-refractivity contribution is 5.80. The Morgan fingerprint density at radius 3 is 2.68 bits per heavy atom. The molecule has 1 N–H and O–H groups in total. The summed E-state index contributed by atoms with van der Waals surface area (Å²) in [5.41, 5.74) is 7.50. The molecule has 0 aliphatic carbocycles. The molecule has 0 unspecified atom stereocenters. The number of ether oxygens (including phenoxy) is 1. The van der Waals surface area contributed by atoms with E-state index in [9.17, 15) is 0 Å². The van der Waals surface area contributed by atoms with Crippen LogP contribution in [0.4, 0.5) is 5.69 Å². The molecule has 2 aromatic carbocycles. The van der Waals surface area contributed by atoms with Crippen LogP contribution >= 0.6 is 0 Å². The van der Waals surface area contributed by atoms with Gasteiger partial charge in [0, 0.05) is 0 Å². The normalized spacial score (nSPS) is 10.7. The molecule has 0 saturated carbocycles. The molecule has 3 nitrogen and oxygen atoms in total. The molecule has 0 radical (unpaired) electrons. The van der Waals surface area contributed by atoms with Crippen molar-refractivity contribution < 1.29 is 4.74 Å². The molecule has 0 bridgehead atoms. The average Bonchev–Trinajstić information content (AvgIpc) is 2.41. The fraction of sp³-hybridized carbons (Fsp3) is 0.188. The van der Waals surface area contributed by atoms with E-state index in [1.807, 2.05) is 30.3 Å². The highest BCUT2D eigenvalue weighted by atomic mass is 16.5. The van der Waals surface area contributed by atoms with Crippen molar-refractivity contribution >= 4 is 11.9 Å². The maximum atomic E-state index is 5.17. The summed E-state index contributed by atoms with van der Waals surface area (Å²) in [7, 11) is 1.66. The predicted molar refractivity (Wildman–Crippen MR) is 80.1 cm³/mol. The molecule has 0 fully saturated rings. The standard InChI is InChI=1S/C16H18N2O/c1-12-7-8-16(13(2)9-12)18-17-11-14-5-4-6-15(10-14)19-3/h4-11,18H,1-3H3/b17-11+. The van der Waals surface area contributed by atoms with Gasteiger partial charge >= 0.3 is 0 Å². The molecule has 0 amide bonds. The van der Waals surface area contributed by atoms with Crippen LogP contribution in [-0.4, -0.2) is 13.3 Å². The molecular formula is C16H18N2O. The number of methoxy groups -OCH3 is 1. The first-order valence-electron chi connectivity index (χ1n) is 6.19. The third-order valence-corrected chi connectivity index (χ3v) is 2.87. The Kier molecular flexibility index (Phi) is 4.18. The van der Waals surface area contributed by atoms with Gasteiger partial charge in [-0.2, -0.15) is 5.10 Å². The second kappa shape index (κ2) is 6.05. The number of nitrogens with zero attached hydrogens (tertiary/aromatic N) is 1. The van der Waals surface area contributed by atoms with E-state index in [2.05, 4.69) is 36.5 Å². The summed E-state index contributed by atoms with van der Waals surface area (Å²) in [6.45, 7) is 4.15. The van der Waals surface area contributed by atoms with Crippen molar-refractivity contribution in [3.8, 4) is 5.75 Å². The smallest absolute Gasteiger partial charge is 0.119 e. The molecule has 0 spiro atoms. The maximum absolute atomic E-state index is 5.17. The second-order valence-electron chi connectivity index (χ2n) is 4.46. The molecule has 0 aromatic heterocycles. The third-order valence-electron chi connectivity index (χ3n) is 2.87. The summed E-state index contributed by atoms with van der Waals surface area (Å²) in [6, 6.07) is 14.0. The fourth-order valence-electron chi connectivity index (χ4n) is 1.84. The SMILES string of the molecule is COc1cccc(/C=N/Nc2ccc(C)cc2C)c1. The first-order valence-corrected chi connectivity index (χ1v) is 6.19. The topological polar surface area (TPSA) is 33.6 Å². The Morgan fingerprint density at radius 1 is 1.11 bits per heavy atom. The highest BCUT2D eigenvalue weighted by Gasteiger charge is 1.96. The zero-order valence-electron chi connectivity index (χ0n) is 11.5. The largest absolute Gasteiger partial charge is 0.497 e. The molecule has 2 aromatic rings. The lowest BCUT2D eigenvalue weighted by Crippen LogP contribution is -1.94. The van der Waals surface area contributed by atoms with Crippen molar-refractivity contribution in [3.05, 3.63) is 59.2 Å². The van der Waals surface area contributed by atoms with Crippen LogP contribution in [0.3, 0.4) is 0 Å². The van der Waals surface area contributed by atoms with Gasteiger partial charge < -0.3 is 4.74 Å². The number of anilines is 1. The van der Waals surface area contributed by atoms with Gasteiger partial charge in [0.1, 0.15) is 5.75 Å². The molecule has 0 atom stereocenters. The molecule has 98 valence electrons. The second-order valence-corrected chi connectivity index (χ2v) is 4.46. The van der Waals surface area contributed by atoms with Crippen LogP contribution in [-0.2, 0) is 0 Å². The van der Waals surface area contributed by atoms with E-state index in [1.54, 1.807) is 13.3 Å². The van der Waals surface area contributed by atoms with Crippen molar-refractivity contribution in [3.63, 3.8) is 0 Å². The molecule has 3 heteroatoms. The van der Waals surface area contributed by atoms with E-state index in [-0.39, 0.29) is 0 Å². The van der Waals surface area contributed by atoms with E-state index in [4.69, 9.17) is 4.74 Å². The van der Waals surface area contributed by atoms with Crippen LogP contribution in [0, 0.1) is 13.8 Å². The van der Waals surface area contributed by atoms with Crippen LogP contribution in [0.25, 0.3) is 0 Å². The van der Waals surface area contributed by atoms with E-state index in [1.165, 1.54) is 11.1 Å². The van der Waals surface area contributed by atoms with Gasteiger partial charge in [0.05, 0.1) is 19.0 Å². The monoisotopic (exact) mass is 254 g/mol. The summed E-state index contributed by atoms with van der Waals surface area (Å²) in [6.07, 6.45) is 1.78. The number of benzene rings is 2. The first kappa shape index (κ1) is 13.1. The van der Waals surface area contributed by atoms with Crippen molar-refractivity contribution in [2.75, 3.05) is 12.5 Å². The van der Waals surface area contributed by atoms with Crippen molar-refractivity contribution in [2.45, 2.75) is 13.8 Å². The zero-order valence-corrected chi connectivity index (χ0v) is 11.5. The number of hydrogen-bond donors (Lipinski definition) is 1. The van der Waals surface area contributed by atoms with Crippen molar-refractivity contribution in [1.82, 2.24) is 0 Å². The third kappa shape index (κ3) is 3.58. The number of nitrogens with one attached hydrogen (secondary N) is 1. The van der Waals surface area contributed by atoms with E-state index < -0.39 is 0 Å². The van der Waals surface area contributed by atoms with Crippen molar-refractivity contribution in [2.24, 2.45) is 5.10 Å². The average molecular weight is 254 g/mol. The quantitative estimate of drug-likeness (QED) is 0.665. The van der Waals surface area contributed by atoms with Crippen LogP contribution in [0.15, 0.2) is 47.6 Å². The minimum absolute atomic E-state index is 0.829. The van der Waals surface area contributed by atoms with Gasteiger partial charge in [0.2, 0.25) is 0 Å². The van der Waals surface area contributed by atoms with Crippen molar-refractivity contribution in [1.29, 1.82) is 0 Å². The highest BCUT2D eigenvalue weighted by Crippen LogP contribution is 2.16. The lowest BCUT2D eigenvalue weighted by molar-refractivity contribution is 0.415. The van der Waals surface area contributed by atoms with Crippen LogP contribution in [0.2, 0.25) is 0 Å². The molecule has 0 aliphatic heterocycles. The maximum Gasteiger partial charge on any atom is 0.119 e. The number of hydrazone groups is 1. The van der Waals surface area contributed by atoms with Gasteiger partial charge in [-0.15, -0.1) is 0 Å². The number of aryl methyl sites for hydroxylation is 2. The van der Waals surface area contributed by atoms with Gasteiger partial charge in [0.15, 0.2) is 0 Å². The summed E-state index contributed by atoms with van der Waals surface area (Å²) >= 11 is 0. The Balaban J connectivity index is 2.06. The number of rotatable bonds is 4.